The summed E-state index contributed by atoms with van der Waals surface area (Å²) >= 11 is 5.64. The zero-order valence-electron chi connectivity index (χ0n) is 9.69. The number of hydrogen-bond acceptors (Lipinski definition) is 6. The van der Waals surface area contributed by atoms with Crippen LogP contribution in [-0.2, 0) is 4.74 Å². The van der Waals surface area contributed by atoms with Crippen LogP contribution in [0.3, 0.4) is 0 Å². The van der Waals surface area contributed by atoms with Crippen LogP contribution in [0, 0.1) is 0 Å². The molecule has 1 saturated heterocycles. The quantitative estimate of drug-likeness (QED) is 0.467. The molecule has 2 heterocycles. The number of aromatic nitrogens is 2. The van der Waals surface area contributed by atoms with Crippen molar-refractivity contribution in [2.24, 2.45) is 0 Å². The Morgan fingerprint density at radius 2 is 2.16 bits per heavy atom. The molecule has 19 heavy (non-hydrogen) atoms. The molecule has 0 bridgehead atoms. The van der Waals surface area contributed by atoms with Crippen LogP contribution in [-0.4, -0.2) is 55.2 Å². The number of hydrogen-bond donors (Lipinski definition) is 4. The van der Waals surface area contributed by atoms with Crippen LogP contribution in [0.5, 0.6) is 0 Å². The van der Waals surface area contributed by atoms with Crippen molar-refractivity contribution in [2.45, 2.75) is 24.0 Å². The average Bonchev–Trinajstić information content (AvgIpc) is 2.64. The third kappa shape index (κ3) is 2.21. The molecule has 0 aromatic carbocycles. The summed E-state index contributed by atoms with van der Waals surface area (Å²) in [6.07, 6.45) is -3.04. The Morgan fingerprint density at radius 1 is 1.47 bits per heavy atom. The smallest absolute Gasteiger partial charge is 0.330 e. The van der Waals surface area contributed by atoms with E-state index in [2.05, 4.69) is 0 Å². The molecule has 0 amide bonds. The van der Waals surface area contributed by atoms with E-state index < -0.39 is 41.9 Å². The van der Waals surface area contributed by atoms with Crippen LogP contribution in [0.1, 0.15) is 6.23 Å². The number of aliphatic hydroxyl groups is 3. The maximum Gasteiger partial charge on any atom is 0.330 e. The average molecular weight is 293 g/mol. The van der Waals surface area contributed by atoms with Gasteiger partial charge in [0.05, 0.1) is 12.5 Å². The largest absolute Gasteiger partial charge is 0.393 e. The van der Waals surface area contributed by atoms with Crippen molar-refractivity contribution < 1.29 is 20.1 Å². The maximum atomic E-state index is 11.6. The molecule has 1 aromatic heterocycles. The maximum absolute atomic E-state index is 11.6. The van der Waals surface area contributed by atoms with Gasteiger partial charge in [-0.1, -0.05) is 0 Å². The van der Waals surface area contributed by atoms with Crippen LogP contribution < -0.4 is 11.2 Å². The van der Waals surface area contributed by atoms with Crippen LogP contribution in [0.2, 0.25) is 0 Å². The second-order valence-electron chi connectivity index (χ2n) is 4.32. The minimum Gasteiger partial charge on any atom is -0.393 e. The lowest BCUT2D eigenvalue weighted by atomic mass is 9.98. The minimum atomic E-state index is -1.55. The number of rotatable bonds is 3. The van der Waals surface area contributed by atoms with Crippen molar-refractivity contribution in [3.63, 3.8) is 0 Å². The Bertz CT molecular complexity index is 566. The summed E-state index contributed by atoms with van der Waals surface area (Å²) in [5.74, 6) is -0.268. The van der Waals surface area contributed by atoms with E-state index in [4.69, 9.17) is 16.3 Å². The summed E-state index contributed by atoms with van der Waals surface area (Å²) in [6.45, 7) is -0.622. The molecular weight excluding hydrogens is 280 g/mol. The van der Waals surface area contributed by atoms with Crippen molar-refractivity contribution in [3.05, 3.63) is 33.1 Å². The van der Waals surface area contributed by atoms with Crippen molar-refractivity contribution in [1.82, 2.24) is 9.55 Å². The van der Waals surface area contributed by atoms with Gasteiger partial charge in [-0.05, 0) is 0 Å². The number of alkyl halides is 1. The first-order valence-electron chi connectivity index (χ1n) is 5.47. The van der Waals surface area contributed by atoms with Crippen molar-refractivity contribution in [3.8, 4) is 0 Å². The standard InChI is InChI=1S/C10H13ClN2O6/c11-3-10(4-14)7(17)6(16)8(19-10)13-2-1-5(15)12-9(13)18/h1-2,6-8,14,16-17H,3-4H2,(H,12,15,18). The monoisotopic (exact) mass is 292 g/mol. The highest BCUT2D eigenvalue weighted by molar-refractivity contribution is 6.18. The fourth-order valence-corrected chi connectivity index (χ4v) is 2.29. The molecule has 2 rings (SSSR count). The Hall–Kier alpha value is -1.19. The van der Waals surface area contributed by atoms with Crippen molar-refractivity contribution in [1.29, 1.82) is 0 Å². The lowest BCUT2D eigenvalue weighted by Gasteiger charge is -2.27. The van der Waals surface area contributed by atoms with Gasteiger partial charge in [-0.2, -0.15) is 0 Å². The van der Waals surface area contributed by atoms with E-state index in [1.807, 2.05) is 4.98 Å². The van der Waals surface area contributed by atoms with Crippen LogP contribution in [0.15, 0.2) is 21.9 Å². The van der Waals surface area contributed by atoms with Gasteiger partial charge in [0.15, 0.2) is 6.23 Å². The number of aromatic amines is 1. The molecule has 8 nitrogen and oxygen atoms in total. The first-order valence-corrected chi connectivity index (χ1v) is 6.01. The van der Waals surface area contributed by atoms with Crippen LogP contribution in [0.25, 0.3) is 0 Å². The predicted octanol–water partition coefficient (Wildman–Crippen LogP) is -2.24. The third-order valence-electron chi connectivity index (χ3n) is 3.13. The molecule has 0 spiro atoms. The first kappa shape index (κ1) is 14.2. The van der Waals surface area contributed by atoms with Gasteiger partial charge in [-0.3, -0.25) is 14.3 Å². The first-order chi connectivity index (χ1) is 8.95. The number of nitrogens with one attached hydrogen (secondary N) is 1. The Morgan fingerprint density at radius 3 is 2.63 bits per heavy atom. The van der Waals surface area contributed by atoms with Gasteiger partial charge in [0.25, 0.3) is 5.56 Å². The zero-order chi connectivity index (χ0) is 14.2. The van der Waals surface area contributed by atoms with Gasteiger partial charge in [0, 0.05) is 12.3 Å². The summed E-state index contributed by atoms with van der Waals surface area (Å²) in [4.78, 5) is 24.6. The highest BCUT2D eigenvalue weighted by atomic mass is 35.5. The molecule has 1 aromatic rings. The molecule has 0 saturated carbocycles. The predicted molar refractivity (Wildman–Crippen MR) is 64.0 cm³/mol. The van der Waals surface area contributed by atoms with Gasteiger partial charge >= 0.3 is 5.69 Å². The summed E-state index contributed by atoms with van der Waals surface area (Å²) in [5, 5.41) is 29.0. The topological polar surface area (TPSA) is 125 Å². The highest BCUT2D eigenvalue weighted by Gasteiger charge is 2.54. The zero-order valence-corrected chi connectivity index (χ0v) is 10.4. The molecular formula is C10H13ClN2O6. The second-order valence-corrected chi connectivity index (χ2v) is 4.59. The van der Waals surface area contributed by atoms with E-state index in [-0.39, 0.29) is 5.88 Å². The lowest BCUT2D eigenvalue weighted by Crippen LogP contribution is -2.47. The SMILES string of the molecule is O=c1ccn(C2OC(CO)(CCl)C(O)C2O)c(=O)[nH]1. The molecule has 0 aliphatic carbocycles. The molecule has 106 valence electrons. The lowest BCUT2D eigenvalue weighted by molar-refractivity contribution is -0.115. The van der Waals surface area contributed by atoms with Crippen LogP contribution >= 0.6 is 11.6 Å². The summed E-state index contributed by atoms with van der Waals surface area (Å²) in [6, 6.07) is 1.07. The molecule has 4 unspecified atom stereocenters. The molecule has 1 fully saturated rings. The second kappa shape index (κ2) is 5.06. The fourth-order valence-electron chi connectivity index (χ4n) is 1.98. The summed E-state index contributed by atoms with van der Waals surface area (Å²) in [7, 11) is 0. The molecule has 4 N–H and O–H groups in total. The Labute approximate surface area is 111 Å². The van der Waals surface area contributed by atoms with E-state index in [1.54, 1.807) is 0 Å². The number of aliphatic hydroxyl groups excluding tert-OH is 3. The Kier molecular flexibility index (Phi) is 3.79. The van der Waals surface area contributed by atoms with E-state index >= 15 is 0 Å². The number of nitrogens with zero attached hydrogens (tertiary/aromatic N) is 1. The van der Waals surface area contributed by atoms with E-state index in [0.29, 0.717) is 0 Å². The van der Waals surface area contributed by atoms with Gasteiger partial charge in [-0.15, -0.1) is 11.6 Å². The van der Waals surface area contributed by atoms with Crippen molar-refractivity contribution >= 4 is 11.6 Å². The minimum absolute atomic E-state index is 0.268. The van der Waals surface area contributed by atoms with E-state index in [1.165, 1.54) is 0 Å². The highest BCUT2D eigenvalue weighted by Crippen LogP contribution is 2.36. The molecule has 1 aliphatic heterocycles. The third-order valence-corrected chi connectivity index (χ3v) is 3.58. The Balaban J connectivity index is 2.42. The number of H-pyrrole nitrogens is 1. The fraction of sp³-hybridized carbons (Fsp3) is 0.600. The summed E-state index contributed by atoms with van der Waals surface area (Å²) in [5.41, 5.74) is -2.95. The molecule has 0 radical (unpaired) electrons. The number of halogens is 1. The molecule has 1 aliphatic rings. The molecule has 4 atom stereocenters. The van der Waals surface area contributed by atoms with Crippen molar-refractivity contribution in [2.75, 3.05) is 12.5 Å². The van der Waals surface area contributed by atoms with Gasteiger partial charge in [0.1, 0.15) is 17.8 Å². The van der Waals surface area contributed by atoms with E-state index in [0.717, 1.165) is 16.8 Å². The van der Waals surface area contributed by atoms with Crippen LogP contribution in [0.4, 0.5) is 0 Å². The normalized spacial score (nSPS) is 34.6. The van der Waals surface area contributed by atoms with Gasteiger partial charge < -0.3 is 20.1 Å². The summed E-state index contributed by atoms with van der Waals surface area (Å²) < 4.78 is 6.25. The number of ether oxygens (including phenoxy) is 1. The van der Waals surface area contributed by atoms with Gasteiger partial charge in [0.2, 0.25) is 0 Å². The molecule has 9 heteroatoms. The van der Waals surface area contributed by atoms with Gasteiger partial charge in [-0.25, -0.2) is 4.79 Å². The van der Waals surface area contributed by atoms with E-state index in [9.17, 15) is 24.9 Å².